The van der Waals surface area contributed by atoms with Crippen molar-refractivity contribution in [1.82, 2.24) is 9.55 Å². The quantitative estimate of drug-likeness (QED) is 0.588. The molecule has 1 aromatic heterocycles. The summed E-state index contributed by atoms with van der Waals surface area (Å²) in [5, 5.41) is 0. The van der Waals surface area contributed by atoms with Crippen molar-refractivity contribution in [2.24, 2.45) is 7.05 Å². The monoisotopic (exact) mass is 147 g/mol. The van der Waals surface area contributed by atoms with Gasteiger partial charge < -0.3 is 10.3 Å². The Bertz CT molecular complexity index is 175. The number of nitrogen functional groups attached to an aromatic ring is 1. The zero-order valence-electron chi connectivity index (χ0n) is 5.46. The van der Waals surface area contributed by atoms with Crippen molar-refractivity contribution >= 4 is 18.2 Å². The van der Waals surface area contributed by atoms with Crippen LogP contribution in [0.25, 0.3) is 0 Å². The predicted octanol–water partition coefficient (Wildman–Crippen LogP) is 0.733. The largest absolute Gasteiger partial charge is 0.384 e. The summed E-state index contributed by atoms with van der Waals surface area (Å²) < 4.78 is 1.83. The van der Waals surface area contributed by atoms with Crippen LogP contribution in [0.4, 0.5) is 5.82 Å². The summed E-state index contributed by atoms with van der Waals surface area (Å²) in [6.45, 7) is 1.91. The van der Waals surface area contributed by atoms with Crippen molar-refractivity contribution in [2.75, 3.05) is 5.73 Å². The van der Waals surface area contributed by atoms with Crippen LogP contribution in [0.2, 0.25) is 0 Å². The first-order valence-corrected chi connectivity index (χ1v) is 2.45. The van der Waals surface area contributed by atoms with Crippen molar-refractivity contribution in [3.05, 3.63) is 12.0 Å². The summed E-state index contributed by atoms with van der Waals surface area (Å²) in [6.07, 6.45) is 1.65. The van der Waals surface area contributed by atoms with E-state index in [0.717, 1.165) is 5.82 Å². The molecule has 0 aliphatic rings. The second-order valence-electron chi connectivity index (χ2n) is 1.79. The minimum Gasteiger partial charge on any atom is -0.384 e. The number of nitrogens with two attached hydrogens (primary N) is 1. The number of anilines is 1. The Morgan fingerprint density at radius 2 is 2.22 bits per heavy atom. The molecular weight excluding hydrogens is 138 g/mol. The minimum atomic E-state index is 0. The summed E-state index contributed by atoms with van der Waals surface area (Å²) in [5.74, 6) is 1.66. The first-order chi connectivity index (χ1) is 3.72. The van der Waals surface area contributed by atoms with Gasteiger partial charge in [0.2, 0.25) is 0 Å². The lowest BCUT2D eigenvalue weighted by molar-refractivity contribution is 0.868. The van der Waals surface area contributed by atoms with Crippen molar-refractivity contribution < 1.29 is 0 Å². The molecule has 0 amide bonds. The van der Waals surface area contributed by atoms with E-state index in [0.29, 0.717) is 5.82 Å². The Morgan fingerprint density at radius 1 is 1.67 bits per heavy atom. The second-order valence-corrected chi connectivity index (χ2v) is 1.79. The summed E-state index contributed by atoms with van der Waals surface area (Å²) in [6, 6.07) is 0. The number of hydrogen-bond donors (Lipinski definition) is 1. The fourth-order valence-corrected chi connectivity index (χ4v) is 0.520. The molecule has 0 atom stereocenters. The van der Waals surface area contributed by atoms with Gasteiger partial charge in [-0.3, -0.25) is 0 Å². The molecule has 3 nitrogen and oxygen atoms in total. The van der Waals surface area contributed by atoms with Crippen LogP contribution >= 0.6 is 12.4 Å². The molecule has 0 unspecified atom stereocenters. The molecule has 0 spiro atoms. The van der Waals surface area contributed by atoms with Crippen LogP contribution in [0.15, 0.2) is 6.20 Å². The standard InChI is InChI=1S/C5H9N3.ClH/c1-4-7-3-5(6)8(4)2;/h3H,6H2,1-2H3;1H. The molecule has 0 aliphatic carbocycles. The third kappa shape index (κ3) is 1.36. The van der Waals surface area contributed by atoms with E-state index in [1.165, 1.54) is 0 Å². The molecule has 9 heavy (non-hydrogen) atoms. The Kier molecular flexibility index (Phi) is 2.52. The van der Waals surface area contributed by atoms with Crippen molar-refractivity contribution in [3.63, 3.8) is 0 Å². The van der Waals surface area contributed by atoms with E-state index in [4.69, 9.17) is 5.73 Å². The lowest BCUT2D eigenvalue weighted by Crippen LogP contribution is -1.96. The molecule has 0 bridgehead atoms. The van der Waals surface area contributed by atoms with Gasteiger partial charge in [0, 0.05) is 7.05 Å². The van der Waals surface area contributed by atoms with Gasteiger partial charge in [0.1, 0.15) is 11.6 Å². The summed E-state index contributed by atoms with van der Waals surface area (Å²) in [7, 11) is 1.89. The average Bonchev–Trinajstić information content (AvgIpc) is 1.98. The smallest absolute Gasteiger partial charge is 0.123 e. The Balaban J connectivity index is 0.000000640. The van der Waals surface area contributed by atoms with Gasteiger partial charge in [-0.15, -0.1) is 12.4 Å². The highest BCUT2D eigenvalue weighted by Gasteiger charge is 1.93. The van der Waals surface area contributed by atoms with Gasteiger partial charge in [-0.2, -0.15) is 0 Å². The molecule has 2 N–H and O–H groups in total. The zero-order chi connectivity index (χ0) is 6.15. The molecule has 4 heteroatoms. The summed E-state index contributed by atoms with van der Waals surface area (Å²) in [4.78, 5) is 3.95. The molecule has 1 aromatic rings. The minimum absolute atomic E-state index is 0. The van der Waals surface area contributed by atoms with Gasteiger partial charge in [0.25, 0.3) is 0 Å². The maximum atomic E-state index is 5.44. The van der Waals surface area contributed by atoms with Crippen LogP contribution in [0.5, 0.6) is 0 Å². The number of nitrogens with zero attached hydrogens (tertiary/aromatic N) is 2. The van der Waals surface area contributed by atoms with Gasteiger partial charge >= 0.3 is 0 Å². The van der Waals surface area contributed by atoms with Crippen molar-refractivity contribution in [1.29, 1.82) is 0 Å². The number of hydrogen-bond acceptors (Lipinski definition) is 2. The lowest BCUT2D eigenvalue weighted by Gasteiger charge is -1.93. The molecule has 0 saturated heterocycles. The maximum Gasteiger partial charge on any atom is 0.123 e. The second kappa shape index (κ2) is 2.73. The van der Waals surface area contributed by atoms with Gasteiger partial charge in [-0.1, -0.05) is 0 Å². The van der Waals surface area contributed by atoms with Crippen molar-refractivity contribution in [2.45, 2.75) is 6.92 Å². The van der Waals surface area contributed by atoms with E-state index in [1.54, 1.807) is 6.20 Å². The Morgan fingerprint density at radius 3 is 2.33 bits per heavy atom. The van der Waals surface area contributed by atoms with E-state index in [-0.39, 0.29) is 12.4 Å². The Labute approximate surface area is 60.3 Å². The highest BCUT2D eigenvalue weighted by molar-refractivity contribution is 5.85. The van der Waals surface area contributed by atoms with Crippen molar-refractivity contribution in [3.8, 4) is 0 Å². The maximum absolute atomic E-state index is 5.44. The van der Waals surface area contributed by atoms with E-state index < -0.39 is 0 Å². The molecule has 0 aromatic carbocycles. The van der Waals surface area contributed by atoms with E-state index in [9.17, 15) is 0 Å². The molecule has 0 fully saturated rings. The fourth-order valence-electron chi connectivity index (χ4n) is 0.520. The number of halogens is 1. The average molecular weight is 148 g/mol. The van der Waals surface area contributed by atoms with Gasteiger partial charge in [0.05, 0.1) is 6.20 Å². The van der Waals surface area contributed by atoms with Crippen LogP contribution in [0.1, 0.15) is 5.82 Å². The topological polar surface area (TPSA) is 43.8 Å². The van der Waals surface area contributed by atoms with Gasteiger partial charge in [-0.05, 0) is 6.92 Å². The highest BCUT2D eigenvalue weighted by Crippen LogP contribution is 2.00. The summed E-state index contributed by atoms with van der Waals surface area (Å²) >= 11 is 0. The first-order valence-electron chi connectivity index (χ1n) is 2.45. The van der Waals surface area contributed by atoms with Crippen LogP contribution in [0, 0.1) is 6.92 Å². The molecule has 0 aliphatic heterocycles. The third-order valence-corrected chi connectivity index (χ3v) is 1.26. The molecule has 52 valence electrons. The normalized spacial score (nSPS) is 8.67. The predicted molar refractivity (Wildman–Crippen MR) is 39.6 cm³/mol. The SMILES string of the molecule is Cc1ncc(N)n1C.Cl. The van der Waals surface area contributed by atoms with Crippen LogP contribution in [-0.2, 0) is 7.05 Å². The highest BCUT2D eigenvalue weighted by atomic mass is 35.5. The number of aromatic nitrogens is 2. The molecule has 1 heterocycles. The Hall–Kier alpha value is -0.700. The van der Waals surface area contributed by atoms with E-state index in [2.05, 4.69) is 4.98 Å². The molecule has 0 saturated carbocycles. The first kappa shape index (κ1) is 8.30. The number of aryl methyl sites for hydroxylation is 1. The molecule has 1 rings (SSSR count). The molecular formula is C5H10ClN3. The third-order valence-electron chi connectivity index (χ3n) is 1.26. The van der Waals surface area contributed by atoms with E-state index in [1.807, 2.05) is 18.5 Å². The zero-order valence-corrected chi connectivity index (χ0v) is 6.27. The number of imidazole rings is 1. The lowest BCUT2D eigenvalue weighted by atomic mass is 10.7. The molecule has 0 radical (unpaired) electrons. The summed E-state index contributed by atoms with van der Waals surface area (Å²) in [5.41, 5.74) is 5.44. The van der Waals surface area contributed by atoms with Gasteiger partial charge in [-0.25, -0.2) is 4.98 Å². The van der Waals surface area contributed by atoms with Gasteiger partial charge in [0.15, 0.2) is 0 Å². The van der Waals surface area contributed by atoms with Crippen LogP contribution in [0.3, 0.4) is 0 Å². The fraction of sp³-hybridized carbons (Fsp3) is 0.400. The van der Waals surface area contributed by atoms with E-state index >= 15 is 0 Å². The van der Waals surface area contributed by atoms with Crippen LogP contribution in [-0.4, -0.2) is 9.55 Å². The van der Waals surface area contributed by atoms with Crippen LogP contribution < -0.4 is 5.73 Å². The number of rotatable bonds is 0.